The second-order valence-electron chi connectivity index (χ2n) is 8.32. The quantitative estimate of drug-likeness (QED) is 0.480. The first-order valence-corrected chi connectivity index (χ1v) is 10.5. The van der Waals surface area contributed by atoms with Gasteiger partial charge in [0.15, 0.2) is 6.61 Å². The van der Waals surface area contributed by atoms with E-state index in [4.69, 9.17) is 14.0 Å². The number of ether oxygens (including phenoxy) is 2. The van der Waals surface area contributed by atoms with Gasteiger partial charge in [-0.15, -0.1) is 0 Å². The van der Waals surface area contributed by atoms with E-state index in [2.05, 4.69) is 41.5 Å². The molecule has 0 aliphatic rings. The fourth-order valence-electron chi connectivity index (χ4n) is 2.88. The first-order chi connectivity index (χ1) is 15.8. The fourth-order valence-corrected chi connectivity index (χ4v) is 2.88. The molecule has 0 spiro atoms. The van der Waals surface area contributed by atoms with E-state index >= 15 is 0 Å². The fraction of sp³-hybridized carbons (Fsp3) is 0.333. The van der Waals surface area contributed by atoms with Crippen molar-refractivity contribution in [1.82, 2.24) is 20.8 Å². The average Bonchev–Trinajstić information content (AvgIpc) is 3.31. The van der Waals surface area contributed by atoms with Crippen LogP contribution in [0.15, 0.2) is 53.1 Å². The smallest absolute Gasteiger partial charge is 0.316 e. The third kappa shape index (κ3) is 6.80. The summed E-state index contributed by atoms with van der Waals surface area (Å²) in [6, 6.07) is 14.7. The largest absolute Gasteiger partial charge is 0.497 e. The Morgan fingerprint density at radius 3 is 2.21 bits per heavy atom. The van der Waals surface area contributed by atoms with Gasteiger partial charge < -0.3 is 24.6 Å². The molecule has 0 saturated heterocycles. The Bertz CT molecular complexity index is 1070. The van der Waals surface area contributed by atoms with Gasteiger partial charge in [-0.3, -0.25) is 9.59 Å². The molecule has 0 fully saturated rings. The van der Waals surface area contributed by atoms with Gasteiger partial charge in [-0.25, -0.2) is 0 Å². The lowest BCUT2D eigenvalue weighted by Crippen LogP contribution is -2.36. The van der Waals surface area contributed by atoms with Crippen LogP contribution in [0.5, 0.6) is 11.5 Å². The molecule has 9 nitrogen and oxygen atoms in total. The van der Waals surface area contributed by atoms with Gasteiger partial charge in [0.2, 0.25) is 5.82 Å². The summed E-state index contributed by atoms with van der Waals surface area (Å²) < 4.78 is 15.5. The van der Waals surface area contributed by atoms with Gasteiger partial charge in [0, 0.05) is 18.7 Å². The summed E-state index contributed by atoms with van der Waals surface area (Å²) in [4.78, 5) is 28.3. The van der Waals surface area contributed by atoms with Crippen molar-refractivity contribution >= 4 is 11.8 Å². The third-order valence-electron chi connectivity index (χ3n) is 4.79. The highest BCUT2D eigenvalue weighted by atomic mass is 16.5. The predicted molar refractivity (Wildman–Crippen MR) is 122 cm³/mol. The molecule has 2 amide bonds. The van der Waals surface area contributed by atoms with Crippen molar-refractivity contribution in [3.05, 3.63) is 60.0 Å². The number of hydrogen-bond acceptors (Lipinski definition) is 7. The predicted octanol–water partition coefficient (Wildman–Crippen LogP) is 2.97. The van der Waals surface area contributed by atoms with E-state index in [1.807, 2.05) is 24.3 Å². The van der Waals surface area contributed by atoms with Gasteiger partial charge in [-0.2, -0.15) is 4.98 Å². The number of carbonyl (C=O) groups is 2. The molecule has 3 rings (SSSR count). The highest BCUT2D eigenvalue weighted by Crippen LogP contribution is 2.25. The average molecular weight is 453 g/mol. The molecule has 0 atom stereocenters. The molecule has 0 aliphatic heterocycles. The van der Waals surface area contributed by atoms with Crippen LogP contribution >= 0.6 is 0 Å². The summed E-state index contributed by atoms with van der Waals surface area (Å²) in [5, 5.41) is 9.17. The molecule has 0 saturated carbocycles. The summed E-state index contributed by atoms with van der Waals surface area (Å²) in [6.07, 6.45) is 0. The van der Waals surface area contributed by atoms with Gasteiger partial charge in [0.1, 0.15) is 11.5 Å². The summed E-state index contributed by atoms with van der Waals surface area (Å²) in [5.41, 5.74) is 1.98. The molecule has 0 unspecified atom stereocenters. The highest BCUT2D eigenvalue weighted by Gasteiger charge is 2.17. The number of nitrogens with zero attached hydrogens (tertiary/aromatic N) is 2. The zero-order valence-electron chi connectivity index (χ0n) is 19.2. The molecule has 3 aromatic rings. The zero-order chi connectivity index (χ0) is 23.8. The monoisotopic (exact) mass is 452 g/mol. The van der Waals surface area contributed by atoms with Crippen LogP contribution in [0.1, 0.15) is 37.0 Å². The SMILES string of the molecule is COc1ccc(OCC(=O)NCCNC(=O)c2nc(-c3ccc(C(C)(C)C)cc3)no2)cc1. The minimum absolute atomic E-state index is 0.0397. The Hall–Kier alpha value is -3.88. The molecule has 2 N–H and O–H groups in total. The Balaban J connectivity index is 1.40. The molecule has 1 aromatic heterocycles. The van der Waals surface area contributed by atoms with Crippen LogP contribution in [0.2, 0.25) is 0 Å². The molecule has 0 radical (unpaired) electrons. The normalized spacial score (nSPS) is 11.0. The van der Waals surface area contributed by atoms with E-state index in [-0.39, 0.29) is 36.9 Å². The highest BCUT2D eigenvalue weighted by molar-refractivity contribution is 5.89. The van der Waals surface area contributed by atoms with Crippen molar-refractivity contribution in [2.24, 2.45) is 0 Å². The molecule has 0 aliphatic carbocycles. The molecular formula is C24H28N4O5. The van der Waals surface area contributed by atoms with Crippen LogP contribution in [-0.4, -0.2) is 48.8 Å². The topological polar surface area (TPSA) is 116 Å². The van der Waals surface area contributed by atoms with Crippen molar-refractivity contribution in [3.8, 4) is 22.9 Å². The van der Waals surface area contributed by atoms with Crippen LogP contribution in [0.25, 0.3) is 11.4 Å². The number of amides is 2. The maximum atomic E-state index is 12.2. The Morgan fingerprint density at radius 1 is 0.939 bits per heavy atom. The minimum atomic E-state index is -0.510. The van der Waals surface area contributed by atoms with Crippen molar-refractivity contribution in [1.29, 1.82) is 0 Å². The number of aromatic nitrogens is 2. The molecule has 9 heteroatoms. The van der Waals surface area contributed by atoms with Gasteiger partial charge in [0.05, 0.1) is 7.11 Å². The third-order valence-corrected chi connectivity index (χ3v) is 4.79. The van der Waals surface area contributed by atoms with Crippen LogP contribution in [0.4, 0.5) is 0 Å². The Kier molecular flexibility index (Phi) is 7.66. The second-order valence-corrected chi connectivity index (χ2v) is 8.32. The van der Waals surface area contributed by atoms with E-state index in [0.717, 1.165) is 5.56 Å². The summed E-state index contributed by atoms with van der Waals surface area (Å²) in [6.45, 7) is 6.69. The molecule has 174 valence electrons. The zero-order valence-corrected chi connectivity index (χ0v) is 19.2. The Morgan fingerprint density at radius 2 is 1.58 bits per heavy atom. The number of methoxy groups -OCH3 is 1. The van der Waals surface area contributed by atoms with Crippen LogP contribution in [-0.2, 0) is 10.2 Å². The first kappa shape index (κ1) is 23.8. The standard InChI is InChI=1S/C24H28N4O5/c1-24(2,3)17-7-5-16(6-8-17)21-27-23(33-28-21)22(30)26-14-13-25-20(29)15-32-19-11-9-18(31-4)10-12-19/h5-12H,13-15H2,1-4H3,(H,25,29)(H,26,30). The van der Waals surface area contributed by atoms with Crippen molar-refractivity contribution < 1.29 is 23.6 Å². The lowest BCUT2D eigenvalue weighted by Gasteiger charge is -2.18. The van der Waals surface area contributed by atoms with Crippen molar-refractivity contribution in [2.75, 3.05) is 26.8 Å². The summed E-state index contributed by atoms with van der Waals surface area (Å²) >= 11 is 0. The van der Waals surface area contributed by atoms with Gasteiger partial charge in [-0.1, -0.05) is 50.2 Å². The molecule has 0 bridgehead atoms. The van der Waals surface area contributed by atoms with Crippen LogP contribution in [0, 0.1) is 0 Å². The lowest BCUT2D eigenvalue weighted by molar-refractivity contribution is -0.123. The number of hydrogen-bond donors (Lipinski definition) is 2. The van der Waals surface area contributed by atoms with E-state index in [1.54, 1.807) is 31.4 Å². The molecule has 2 aromatic carbocycles. The van der Waals surface area contributed by atoms with Crippen LogP contribution in [0.3, 0.4) is 0 Å². The maximum Gasteiger partial charge on any atom is 0.316 e. The molecule has 33 heavy (non-hydrogen) atoms. The minimum Gasteiger partial charge on any atom is -0.497 e. The van der Waals surface area contributed by atoms with E-state index in [9.17, 15) is 9.59 Å². The number of carbonyl (C=O) groups excluding carboxylic acids is 2. The summed E-state index contributed by atoms with van der Waals surface area (Å²) in [7, 11) is 1.57. The molecule has 1 heterocycles. The maximum absolute atomic E-state index is 12.2. The van der Waals surface area contributed by atoms with Crippen LogP contribution < -0.4 is 20.1 Å². The second kappa shape index (κ2) is 10.6. The van der Waals surface area contributed by atoms with Crippen molar-refractivity contribution in [2.45, 2.75) is 26.2 Å². The molecular weight excluding hydrogens is 424 g/mol. The van der Waals surface area contributed by atoms with E-state index in [1.165, 1.54) is 5.56 Å². The van der Waals surface area contributed by atoms with Gasteiger partial charge in [0.25, 0.3) is 5.91 Å². The number of benzene rings is 2. The number of nitrogens with one attached hydrogen (secondary N) is 2. The van der Waals surface area contributed by atoms with E-state index < -0.39 is 5.91 Å². The first-order valence-electron chi connectivity index (χ1n) is 10.5. The Labute approximate surface area is 192 Å². The van der Waals surface area contributed by atoms with Crippen molar-refractivity contribution in [3.63, 3.8) is 0 Å². The van der Waals surface area contributed by atoms with E-state index in [0.29, 0.717) is 17.3 Å². The summed E-state index contributed by atoms with van der Waals surface area (Å²) in [5.74, 6) is 0.639. The van der Waals surface area contributed by atoms with Gasteiger partial charge >= 0.3 is 11.8 Å². The number of rotatable bonds is 9. The lowest BCUT2D eigenvalue weighted by atomic mass is 9.87. The van der Waals surface area contributed by atoms with Gasteiger partial charge in [-0.05, 0) is 35.2 Å².